The number of ether oxygens (including phenoxy) is 1. The second-order valence-corrected chi connectivity index (χ2v) is 6.42. The number of benzene rings is 1. The van der Waals surface area contributed by atoms with Crippen LogP contribution in [0, 0.1) is 0 Å². The highest BCUT2D eigenvalue weighted by Crippen LogP contribution is 2.09. The largest absolute Gasteiger partial charge is 0.375 e. The molecule has 1 heterocycles. The van der Waals surface area contributed by atoms with Gasteiger partial charge in [-0.05, 0) is 5.56 Å². The Morgan fingerprint density at radius 1 is 1.24 bits per heavy atom. The number of rotatable bonds is 6. The third-order valence-electron chi connectivity index (χ3n) is 2.70. The molecule has 1 saturated heterocycles. The first-order valence-corrected chi connectivity index (χ1v) is 7.53. The fourth-order valence-electron chi connectivity index (χ4n) is 1.78. The van der Waals surface area contributed by atoms with Crippen LogP contribution in [-0.4, -0.2) is 39.1 Å². The number of hydrogen-bond donors (Lipinski definition) is 1. The minimum atomic E-state index is -2.72. The van der Waals surface area contributed by atoms with E-state index in [2.05, 4.69) is 5.32 Å². The van der Waals surface area contributed by atoms with Gasteiger partial charge in [-0.25, -0.2) is 8.42 Å². The van der Waals surface area contributed by atoms with E-state index in [0.29, 0.717) is 19.8 Å². The van der Waals surface area contributed by atoms with Crippen LogP contribution in [0.5, 0.6) is 0 Å². The maximum atomic E-state index is 10.9. The van der Waals surface area contributed by atoms with E-state index < -0.39 is 9.84 Å². The van der Waals surface area contributed by atoms with Crippen molar-refractivity contribution in [3.05, 3.63) is 35.9 Å². The molecule has 4 nitrogen and oxygen atoms in total. The molecule has 0 radical (unpaired) electrons. The Bertz CT molecular complexity index is 432. The summed E-state index contributed by atoms with van der Waals surface area (Å²) in [6.07, 6.45) is 0. The molecular weight excluding hydrogens is 238 g/mol. The van der Waals surface area contributed by atoms with Gasteiger partial charge in [0.05, 0.1) is 24.7 Å². The predicted octanol–water partition coefficient (Wildman–Crippen LogP) is 0.590. The highest BCUT2D eigenvalue weighted by atomic mass is 32.2. The maximum absolute atomic E-state index is 10.9. The minimum absolute atomic E-state index is 0.125. The van der Waals surface area contributed by atoms with Crippen LogP contribution in [-0.2, 0) is 21.2 Å². The summed E-state index contributed by atoms with van der Waals surface area (Å²) < 4.78 is 27.3. The molecule has 17 heavy (non-hydrogen) atoms. The Morgan fingerprint density at radius 2 is 1.94 bits per heavy atom. The van der Waals surface area contributed by atoms with Gasteiger partial charge in [0, 0.05) is 12.6 Å². The highest BCUT2D eigenvalue weighted by molar-refractivity contribution is 7.92. The number of nitrogens with one attached hydrogen (secondary N) is 1. The fourth-order valence-corrected chi connectivity index (χ4v) is 3.15. The van der Waals surface area contributed by atoms with E-state index in [-0.39, 0.29) is 17.5 Å². The number of sulfone groups is 1. The van der Waals surface area contributed by atoms with Crippen molar-refractivity contribution in [2.75, 3.05) is 24.7 Å². The Morgan fingerprint density at radius 3 is 2.59 bits per heavy atom. The monoisotopic (exact) mass is 255 g/mol. The summed E-state index contributed by atoms with van der Waals surface area (Å²) in [5, 5.41) is 3.16. The maximum Gasteiger partial charge on any atom is 0.153 e. The summed E-state index contributed by atoms with van der Waals surface area (Å²) in [7, 11) is -2.72. The molecule has 0 aromatic heterocycles. The molecule has 5 heteroatoms. The molecule has 1 aromatic rings. The molecule has 0 atom stereocenters. The number of hydrogen-bond acceptors (Lipinski definition) is 4. The van der Waals surface area contributed by atoms with Crippen molar-refractivity contribution >= 4 is 9.84 Å². The molecule has 2 rings (SSSR count). The van der Waals surface area contributed by atoms with Gasteiger partial charge in [0.25, 0.3) is 0 Å². The zero-order chi connectivity index (χ0) is 12.1. The lowest BCUT2D eigenvalue weighted by atomic mass is 10.2. The molecule has 1 N–H and O–H groups in total. The first kappa shape index (κ1) is 12.5. The van der Waals surface area contributed by atoms with E-state index in [1.165, 1.54) is 0 Å². The average Bonchev–Trinajstić information content (AvgIpc) is 2.27. The summed E-state index contributed by atoms with van der Waals surface area (Å²) in [6, 6.07) is 10.1. The second-order valence-electron chi connectivity index (χ2n) is 4.27. The molecule has 0 amide bonds. The van der Waals surface area contributed by atoms with Crippen LogP contribution in [0.25, 0.3) is 0 Å². The molecule has 0 bridgehead atoms. The van der Waals surface area contributed by atoms with Crippen LogP contribution in [0.4, 0.5) is 0 Å². The molecule has 0 spiro atoms. The summed E-state index contributed by atoms with van der Waals surface area (Å²) >= 11 is 0. The summed E-state index contributed by atoms with van der Waals surface area (Å²) in [6.45, 7) is 1.91. The van der Waals surface area contributed by atoms with Crippen molar-refractivity contribution in [1.82, 2.24) is 5.32 Å². The summed E-state index contributed by atoms with van der Waals surface area (Å²) in [5.41, 5.74) is 1.15. The SMILES string of the molecule is O=S1(=O)CC(NCCOCc2ccccc2)C1. The van der Waals surface area contributed by atoms with Crippen LogP contribution in [0.3, 0.4) is 0 Å². The molecule has 0 unspecified atom stereocenters. The van der Waals surface area contributed by atoms with Crippen LogP contribution in [0.1, 0.15) is 5.56 Å². The Kier molecular flexibility index (Phi) is 4.15. The van der Waals surface area contributed by atoms with Crippen LogP contribution in [0.15, 0.2) is 30.3 Å². The summed E-state index contributed by atoms with van der Waals surface area (Å²) in [4.78, 5) is 0. The van der Waals surface area contributed by atoms with Gasteiger partial charge in [-0.15, -0.1) is 0 Å². The standard InChI is InChI=1S/C12H17NO3S/c14-17(15)9-12(10-17)13-6-7-16-8-11-4-2-1-3-5-11/h1-5,12-13H,6-10H2. The predicted molar refractivity (Wildman–Crippen MR) is 66.5 cm³/mol. The molecule has 0 saturated carbocycles. The van der Waals surface area contributed by atoms with Crippen LogP contribution >= 0.6 is 0 Å². The van der Waals surface area contributed by atoms with Crippen molar-refractivity contribution in [2.24, 2.45) is 0 Å². The van der Waals surface area contributed by atoms with Gasteiger partial charge in [-0.1, -0.05) is 30.3 Å². The molecular formula is C12H17NO3S. The van der Waals surface area contributed by atoms with Crippen molar-refractivity contribution in [3.63, 3.8) is 0 Å². The fraction of sp³-hybridized carbons (Fsp3) is 0.500. The van der Waals surface area contributed by atoms with Gasteiger partial charge in [-0.2, -0.15) is 0 Å². The zero-order valence-corrected chi connectivity index (χ0v) is 10.4. The van der Waals surface area contributed by atoms with Crippen LogP contribution in [0.2, 0.25) is 0 Å². The molecule has 1 aliphatic rings. The molecule has 0 aliphatic carbocycles. The van der Waals surface area contributed by atoms with E-state index in [1.54, 1.807) is 0 Å². The zero-order valence-electron chi connectivity index (χ0n) is 9.63. The van der Waals surface area contributed by atoms with E-state index in [4.69, 9.17) is 4.74 Å². The topological polar surface area (TPSA) is 55.4 Å². The van der Waals surface area contributed by atoms with Gasteiger partial charge >= 0.3 is 0 Å². The normalized spacial score (nSPS) is 18.8. The quantitative estimate of drug-likeness (QED) is 0.756. The lowest BCUT2D eigenvalue weighted by molar-refractivity contribution is 0.121. The second kappa shape index (κ2) is 5.62. The van der Waals surface area contributed by atoms with E-state index in [0.717, 1.165) is 5.56 Å². The van der Waals surface area contributed by atoms with E-state index in [1.807, 2.05) is 30.3 Å². The van der Waals surface area contributed by atoms with Gasteiger partial charge in [-0.3, -0.25) is 0 Å². The first-order valence-electron chi connectivity index (χ1n) is 5.71. The third-order valence-corrected chi connectivity index (χ3v) is 4.52. The van der Waals surface area contributed by atoms with Gasteiger partial charge in [0.1, 0.15) is 0 Å². The minimum Gasteiger partial charge on any atom is -0.375 e. The Balaban J connectivity index is 1.53. The lowest BCUT2D eigenvalue weighted by Gasteiger charge is -2.26. The molecule has 94 valence electrons. The van der Waals surface area contributed by atoms with Gasteiger partial charge in [0.2, 0.25) is 0 Å². The molecule has 1 fully saturated rings. The summed E-state index contributed by atoms with van der Waals surface area (Å²) in [5.74, 6) is 0.539. The van der Waals surface area contributed by atoms with Gasteiger partial charge in [0.15, 0.2) is 9.84 Å². The van der Waals surface area contributed by atoms with E-state index in [9.17, 15) is 8.42 Å². The molecule has 1 aromatic carbocycles. The lowest BCUT2D eigenvalue weighted by Crippen LogP contribution is -2.51. The molecule has 1 aliphatic heterocycles. The van der Waals surface area contributed by atoms with Crippen molar-refractivity contribution < 1.29 is 13.2 Å². The first-order chi connectivity index (χ1) is 8.16. The van der Waals surface area contributed by atoms with Crippen molar-refractivity contribution in [1.29, 1.82) is 0 Å². The van der Waals surface area contributed by atoms with Gasteiger partial charge < -0.3 is 10.1 Å². The Hall–Kier alpha value is -0.910. The van der Waals surface area contributed by atoms with E-state index >= 15 is 0 Å². The van der Waals surface area contributed by atoms with Crippen molar-refractivity contribution in [3.8, 4) is 0 Å². The highest BCUT2D eigenvalue weighted by Gasteiger charge is 2.32. The third kappa shape index (κ3) is 4.11. The average molecular weight is 255 g/mol. The van der Waals surface area contributed by atoms with Crippen molar-refractivity contribution in [2.45, 2.75) is 12.6 Å². The Labute approximate surface area is 102 Å². The van der Waals surface area contributed by atoms with Crippen LogP contribution < -0.4 is 5.32 Å². The smallest absolute Gasteiger partial charge is 0.153 e.